The van der Waals surface area contributed by atoms with Crippen molar-refractivity contribution in [2.45, 2.75) is 77.9 Å². The molecule has 3 fully saturated rings. The van der Waals surface area contributed by atoms with Crippen molar-refractivity contribution in [3.63, 3.8) is 0 Å². The Kier molecular flexibility index (Phi) is 4.16. The van der Waals surface area contributed by atoms with E-state index in [-0.39, 0.29) is 6.10 Å². The lowest BCUT2D eigenvalue weighted by Crippen LogP contribution is -2.48. The smallest absolute Gasteiger partial charge is 0.0695 e. The number of aliphatic hydroxyl groups is 1. The molecule has 1 N–H and O–H groups in total. The zero-order chi connectivity index (χ0) is 14.3. The van der Waals surface area contributed by atoms with Crippen LogP contribution in [0.2, 0.25) is 0 Å². The second kappa shape index (κ2) is 5.61. The molecule has 5 unspecified atom stereocenters. The minimum Gasteiger partial charge on any atom is -0.391 e. The number of nitrogens with zero attached hydrogens (tertiary/aromatic N) is 1. The summed E-state index contributed by atoms with van der Waals surface area (Å²) < 4.78 is 0. The third kappa shape index (κ3) is 2.66. The van der Waals surface area contributed by atoms with E-state index in [2.05, 4.69) is 25.7 Å². The molecule has 116 valence electrons. The maximum atomic E-state index is 10.5. The first-order valence-corrected chi connectivity index (χ1v) is 8.93. The van der Waals surface area contributed by atoms with Gasteiger partial charge in [-0.2, -0.15) is 0 Å². The molecule has 1 heterocycles. The van der Waals surface area contributed by atoms with Crippen LogP contribution in [0.25, 0.3) is 0 Å². The van der Waals surface area contributed by atoms with Crippen molar-refractivity contribution in [3.05, 3.63) is 0 Å². The summed E-state index contributed by atoms with van der Waals surface area (Å²) in [5, 5.41) is 10.5. The molecule has 2 heteroatoms. The first kappa shape index (κ1) is 14.8. The molecule has 2 nitrogen and oxygen atoms in total. The molecule has 3 aliphatic rings. The maximum Gasteiger partial charge on any atom is 0.0695 e. The van der Waals surface area contributed by atoms with E-state index >= 15 is 0 Å². The summed E-state index contributed by atoms with van der Waals surface area (Å²) in [7, 11) is 0. The van der Waals surface area contributed by atoms with Crippen LogP contribution in [0.5, 0.6) is 0 Å². The fourth-order valence-electron chi connectivity index (χ4n) is 5.06. The summed E-state index contributed by atoms with van der Waals surface area (Å²) >= 11 is 0. The van der Waals surface area contributed by atoms with Crippen LogP contribution in [-0.4, -0.2) is 35.2 Å². The van der Waals surface area contributed by atoms with Crippen LogP contribution in [0.15, 0.2) is 0 Å². The van der Waals surface area contributed by atoms with Gasteiger partial charge >= 0.3 is 0 Å². The zero-order valence-corrected chi connectivity index (χ0v) is 13.6. The maximum absolute atomic E-state index is 10.5. The van der Waals surface area contributed by atoms with E-state index in [1.54, 1.807) is 0 Å². The molecule has 0 aromatic heterocycles. The van der Waals surface area contributed by atoms with Crippen molar-refractivity contribution >= 4 is 0 Å². The molecule has 0 aromatic rings. The van der Waals surface area contributed by atoms with Gasteiger partial charge in [-0.15, -0.1) is 0 Å². The van der Waals surface area contributed by atoms with Crippen molar-refractivity contribution in [1.29, 1.82) is 0 Å². The number of hydrogen-bond acceptors (Lipinski definition) is 2. The standard InChI is InChI=1S/C18H33NO/c1-4-18(2,3)15-8-9-17(20)16(10-15)19-11-13-6-5-7-14(13)12-19/h13-17,20H,4-12H2,1-3H3. The summed E-state index contributed by atoms with van der Waals surface area (Å²) in [4.78, 5) is 2.66. The average molecular weight is 279 g/mol. The SMILES string of the molecule is CCC(C)(C)C1CCC(O)C(N2CC3CCCC3C2)C1. The molecule has 0 spiro atoms. The lowest BCUT2D eigenvalue weighted by atomic mass is 9.67. The minimum atomic E-state index is -0.0715. The topological polar surface area (TPSA) is 23.5 Å². The van der Waals surface area contributed by atoms with Gasteiger partial charge < -0.3 is 5.11 Å². The van der Waals surface area contributed by atoms with Crippen molar-refractivity contribution in [1.82, 2.24) is 4.90 Å². The van der Waals surface area contributed by atoms with Crippen molar-refractivity contribution in [3.8, 4) is 0 Å². The highest BCUT2D eigenvalue weighted by atomic mass is 16.3. The van der Waals surface area contributed by atoms with Gasteiger partial charge in [0.2, 0.25) is 0 Å². The number of aliphatic hydroxyl groups excluding tert-OH is 1. The fourth-order valence-corrected chi connectivity index (χ4v) is 5.06. The number of rotatable bonds is 3. The van der Waals surface area contributed by atoms with E-state index in [1.165, 1.54) is 51.6 Å². The molecule has 2 saturated carbocycles. The van der Waals surface area contributed by atoms with Gasteiger partial charge in [-0.3, -0.25) is 4.90 Å². The molecule has 3 rings (SSSR count). The Morgan fingerprint density at radius 1 is 1.05 bits per heavy atom. The van der Waals surface area contributed by atoms with Crippen molar-refractivity contribution in [2.75, 3.05) is 13.1 Å². The van der Waals surface area contributed by atoms with Crippen molar-refractivity contribution in [2.24, 2.45) is 23.2 Å². The van der Waals surface area contributed by atoms with Crippen molar-refractivity contribution < 1.29 is 5.11 Å². The second-order valence-electron chi connectivity index (χ2n) is 8.39. The highest BCUT2D eigenvalue weighted by Crippen LogP contribution is 2.45. The predicted octanol–water partition coefficient (Wildman–Crippen LogP) is 3.68. The first-order valence-electron chi connectivity index (χ1n) is 8.93. The summed E-state index contributed by atoms with van der Waals surface area (Å²) in [6.07, 6.45) is 8.97. The molecule has 1 saturated heterocycles. The van der Waals surface area contributed by atoms with Gasteiger partial charge in [-0.25, -0.2) is 0 Å². The fraction of sp³-hybridized carbons (Fsp3) is 1.00. The molecule has 2 aliphatic carbocycles. The quantitative estimate of drug-likeness (QED) is 0.852. The van der Waals surface area contributed by atoms with Gasteiger partial charge in [0.1, 0.15) is 0 Å². The van der Waals surface area contributed by atoms with Crippen LogP contribution >= 0.6 is 0 Å². The van der Waals surface area contributed by atoms with Gasteiger partial charge in [-0.05, 0) is 55.3 Å². The van der Waals surface area contributed by atoms with Crippen LogP contribution < -0.4 is 0 Å². The Morgan fingerprint density at radius 2 is 1.70 bits per heavy atom. The monoisotopic (exact) mass is 279 g/mol. The van der Waals surface area contributed by atoms with Gasteiger partial charge in [0.05, 0.1) is 6.10 Å². The molecule has 0 aromatic carbocycles. The summed E-state index contributed by atoms with van der Waals surface area (Å²) in [6, 6.07) is 0.449. The van der Waals surface area contributed by atoms with E-state index in [0.29, 0.717) is 11.5 Å². The van der Waals surface area contributed by atoms with Gasteiger partial charge in [0, 0.05) is 19.1 Å². The Labute approximate surface area is 124 Å². The molecule has 0 bridgehead atoms. The Balaban J connectivity index is 1.65. The predicted molar refractivity (Wildman–Crippen MR) is 83.6 cm³/mol. The highest BCUT2D eigenvalue weighted by molar-refractivity contribution is 4.97. The third-order valence-corrected chi connectivity index (χ3v) is 7.02. The van der Waals surface area contributed by atoms with E-state index in [0.717, 1.165) is 24.2 Å². The molecule has 1 aliphatic heterocycles. The molecule has 20 heavy (non-hydrogen) atoms. The number of likely N-dealkylation sites (tertiary alicyclic amines) is 1. The largest absolute Gasteiger partial charge is 0.391 e. The second-order valence-corrected chi connectivity index (χ2v) is 8.39. The van der Waals surface area contributed by atoms with Gasteiger partial charge in [-0.1, -0.05) is 33.6 Å². The summed E-state index contributed by atoms with van der Waals surface area (Å²) in [5.74, 6) is 2.69. The van der Waals surface area contributed by atoms with Crippen LogP contribution in [0.4, 0.5) is 0 Å². The Hall–Kier alpha value is -0.0800. The molecular weight excluding hydrogens is 246 g/mol. The lowest BCUT2D eigenvalue weighted by molar-refractivity contribution is -0.0153. The molecule has 0 amide bonds. The number of fused-ring (bicyclic) bond motifs is 1. The van der Waals surface area contributed by atoms with Crippen LogP contribution in [0, 0.1) is 23.2 Å². The van der Waals surface area contributed by atoms with Gasteiger partial charge in [0.25, 0.3) is 0 Å². The van der Waals surface area contributed by atoms with Gasteiger partial charge in [0.15, 0.2) is 0 Å². The first-order chi connectivity index (χ1) is 9.51. The van der Waals surface area contributed by atoms with E-state index in [9.17, 15) is 5.11 Å². The van der Waals surface area contributed by atoms with E-state index in [4.69, 9.17) is 0 Å². The normalized spacial score (nSPS) is 42.9. The summed E-state index contributed by atoms with van der Waals surface area (Å²) in [6.45, 7) is 9.70. The zero-order valence-electron chi connectivity index (χ0n) is 13.6. The Morgan fingerprint density at radius 3 is 2.30 bits per heavy atom. The number of hydrogen-bond donors (Lipinski definition) is 1. The minimum absolute atomic E-state index is 0.0715. The molecule has 0 radical (unpaired) electrons. The lowest BCUT2D eigenvalue weighted by Gasteiger charge is -2.44. The third-order valence-electron chi connectivity index (χ3n) is 7.02. The summed E-state index contributed by atoms with van der Waals surface area (Å²) in [5.41, 5.74) is 0.438. The van der Waals surface area contributed by atoms with E-state index in [1.807, 2.05) is 0 Å². The van der Waals surface area contributed by atoms with Crippen LogP contribution in [0.1, 0.15) is 65.7 Å². The highest BCUT2D eigenvalue weighted by Gasteiger charge is 2.44. The molecular formula is C18H33NO. The molecule has 5 atom stereocenters. The van der Waals surface area contributed by atoms with Crippen LogP contribution in [-0.2, 0) is 0 Å². The Bertz CT molecular complexity index is 328. The average Bonchev–Trinajstić information content (AvgIpc) is 2.99. The van der Waals surface area contributed by atoms with E-state index < -0.39 is 0 Å². The van der Waals surface area contributed by atoms with Crippen LogP contribution in [0.3, 0.4) is 0 Å².